The van der Waals surface area contributed by atoms with Crippen molar-refractivity contribution >= 4 is 0 Å². The van der Waals surface area contributed by atoms with Gasteiger partial charge in [0.2, 0.25) is 0 Å². The number of phenols is 1. The smallest absolute Gasteiger partial charge is 0.127 e. The second-order valence-electron chi connectivity index (χ2n) is 5.13. The second-order valence-corrected chi connectivity index (χ2v) is 5.13. The lowest BCUT2D eigenvalue weighted by Gasteiger charge is -2.22. The number of phenolic OH excluding ortho intramolecular Hbond substituents is 1. The monoisotopic (exact) mass is 267 g/mol. The Bertz CT molecular complexity index is 371. The average Bonchev–Trinajstić information content (AvgIpc) is 2.38. The molecule has 0 saturated heterocycles. The average molecular weight is 267 g/mol. The lowest BCUT2D eigenvalue weighted by atomic mass is 9.98. The van der Waals surface area contributed by atoms with Crippen LogP contribution in [0.5, 0.6) is 5.75 Å². The summed E-state index contributed by atoms with van der Waals surface area (Å²) in [5.74, 6) is -0.439. The summed E-state index contributed by atoms with van der Waals surface area (Å²) in [4.78, 5) is 0. The maximum absolute atomic E-state index is 13.0. The molecule has 2 rings (SSSR count). The fraction of sp³-hybridized carbons (Fsp3) is 0.600. The molecule has 0 bridgehead atoms. The van der Waals surface area contributed by atoms with Gasteiger partial charge in [-0.25, -0.2) is 4.39 Å². The minimum Gasteiger partial charge on any atom is -0.508 e. The van der Waals surface area contributed by atoms with Crippen molar-refractivity contribution < 1.29 is 14.2 Å². The summed E-state index contributed by atoms with van der Waals surface area (Å²) >= 11 is 0. The third-order valence-electron chi connectivity index (χ3n) is 3.46. The van der Waals surface area contributed by atoms with E-state index in [2.05, 4.69) is 5.32 Å². The summed E-state index contributed by atoms with van der Waals surface area (Å²) in [7, 11) is 0. The Hall–Kier alpha value is -1.13. The van der Waals surface area contributed by atoms with Crippen LogP contribution in [-0.2, 0) is 11.3 Å². The predicted molar refractivity (Wildman–Crippen MR) is 72.6 cm³/mol. The van der Waals surface area contributed by atoms with Gasteiger partial charge < -0.3 is 15.2 Å². The van der Waals surface area contributed by atoms with Gasteiger partial charge >= 0.3 is 0 Å². The zero-order chi connectivity index (χ0) is 13.5. The van der Waals surface area contributed by atoms with Crippen LogP contribution in [0.3, 0.4) is 0 Å². The Morgan fingerprint density at radius 1 is 1.21 bits per heavy atom. The van der Waals surface area contributed by atoms with Gasteiger partial charge in [0.05, 0.1) is 12.7 Å². The molecular formula is C15H22FNO2. The van der Waals surface area contributed by atoms with Gasteiger partial charge in [-0.3, -0.25) is 0 Å². The quantitative estimate of drug-likeness (QED) is 0.779. The van der Waals surface area contributed by atoms with Gasteiger partial charge in [0.15, 0.2) is 0 Å². The molecule has 1 aromatic rings. The van der Waals surface area contributed by atoms with Crippen LogP contribution in [0.15, 0.2) is 18.2 Å². The summed E-state index contributed by atoms with van der Waals surface area (Å²) in [6, 6.07) is 4.10. The van der Waals surface area contributed by atoms with Crippen molar-refractivity contribution in [2.24, 2.45) is 0 Å². The first-order valence-electron chi connectivity index (χ1n) is 7.05. The summed E-state index contributed by atoms with van der Waals surface area (Å²) in [6.45, 7) is 1.97. The van der Waals surface area contributed by atoms with E-state index in [4.69, 9.17) is 4.74 Å². The standard InChI is InChI=1S/C15H22FNO2/c16-13-8-12(9-14(18)10-13)11-17-6-7-19-15-4-2-1-3-5-15/h8-10,15,17-18H,1-7,11H2. The molecule has 0 amide bonds. The Labute approximate surface area is 113 Å². The summed E-state index contributed by atoms with van der Waals surface area (Å²) in [5, 5.41) is 12.5. The Balaban J connectivity index is 1.60. The molecule has 3 nitrogen and oxygen atoms in total. The minimum atomic E-state index is -0.407. The molecule has 0 atom stereocenters. The first-order chi connectivity index (χ1) is 9.24. The number of rotatable bonds is 6. The van der Waals surface area contributed by atoms with E-state index in [1.54, 1.807) is 6.07 Å². The molecule has 1 aliphatic carbocycles. The molecule has 1 saturated carbocycles. The molecule has 4 heteroatoms. The Morgan fingerprint density at radius 3 is 2.74 bits per heavy atom. The molecule has 0 aromatic heterocycles. The SMILES string of the molecule is Oc1cc(F)cc(CNCCOC2CCCCC2)c1. The van der Waals surface area contributed by atoms with E-state index in [9.17, 15) is 9.50 Å². The number of hydrogen-bond donors (Lipinski definition) is 2. The lowest BCUT2D eigenvalue weighted by Crippen LogP contribution is -2.24. The van der Waals surface area contributed by atoms with Crippen molar-refractivity contribution in [2.75, 3.05) is 13.2 Å². The van der Waals surface area contributed by atoms with Gasteiger partial charge in [-0.2, -0.15) is 0 Å². The molecule has 1 fully saturated rings. The molecule has 106 valence electrons. The predicted octanol–water partition coefficient (Wildman–Crippen LogP) is 2.97. The molecule has 1 aliphatic rings. The Kier molecular flexibility index (Phi) is 5.61. The largest absolute Gasteiger partial charge is 0.508 e. The second kappa shape index (κ2) is 7.46. The van der Waals surface area contributed by atoms with Crippen LogP contribution in [0.1, 0.15) is 37.7 Å². The van der Waals surface area contributed by atoms with Crippen molar-refractivity contribution in [2.45, 2.75) is 44.8 Å². The molecule has 2 N–H and O–H groups in total. The molecule has 0 heterocycles. The number of nitrogens with one attached hydrogen (secondary N) is 1. The number of hydrogen-bond acceptors (Lipinski definition) is 3. The molecular weight excluding hydrogens is 245 g/mol. The van der Waals surface area contributed by atoms with Crippen LogP contribution in [0, 0.1) is 5.82 Å². The van der Waals surface area contributed by atoms with Crippen LogP contribution in [0.2, 0.25) is 0 Å². The fourth-order valence-electron chi connectivity index (χ4n) is 2.50. The Morgan fingerprint density at radius 2 is 2.00 bits per heavy atom. The van der Waals surface area contributed by atoms with Crippen molar-refractivity contribution in [1.82, 2.24) is 5.32 Å². The van der Waals surface area contributed by atoms with Crippen LogP contribution in [-0.4, -0.2) is 24.4 Å². The van der Waals surface area contributed by atoms with E-state index in [1.807, 2.05) is 0 Å². The highest BCUT2D eigenvalue weighted by Crippen LogP contribution is 2.20. The molecule has 0 aliphatic heterocycles. The molecule has 0 radical (unpaired) electrons. The first-order valence-corrected chi connectivity index (χ1v) is 7.05. The summed E-state index contributed by atoms with van der Waals surface area (Å²) < 4.78 is 18.8. The third-order valence-corrected chi connectivity index (χ3v) is 3.46. The highest BCUT2D eigenvalue weighted by atomic mass is 19.1. The number of aromatic hydroxyl groups is 1. The maximum atomic E-state index is 13.0. The molecule has 0 spiro atoms. The van der Waals surface area contributed by atoms with Gasteiger partial charge in [-0.1, -0.05) is 19.3 Å². The van der Waals surface area contributed by atoms with E-state index in [0.717, 1.165) is 18.2 Å². The maximum Gasteiger partial charge on any atom is 0.127 e. The van der Waals surface area contributed by atoms with Gasteiger partial charge in [0, 0.05) is 19.2 Å². The summed E-state index contributed by atoms with van der Waals surface area (Å²) in [6.07, 6.45) is 6.67. The highest BCUT2D eigenvalue weighted by Gasteiger charge is 2.12. The zero-order valence-electron chi connectivity index (χ0n) is 11.2. The topological polar surface area (TPSA) is 41.5 Å². The van der Waals surface area contributed by atoms with E-state index in [1.165, 1.54) is 38.2 Å². The van der Waals surface area contributed by atoms with Crippen LogP contribution < -0.4 is 5.32 Å². The summed E-state index contributed by atoms with van der Waals surface area (Å²) in [5.41, 5.74) is 0.746. The number of halogens is 1. The number of benzene rings is 1. The van der Waals surface area contributed by atoms with Crippen LogP contribution in [0.25, 0.3) is 0 Å². The molecule has 0 unspecified atom stereocenters. The van der Waals surface area contributed by atoms with Crippen LogP contribution in [0.4, 0.5) is 4.39 Å². The lowest BCUT2D eigenvalue weighted by molar-refractivity contribution is 0.0302. The van der Waals surface area contributed by atoms with Crippen LogP contribution >= 0.6 is 0 Å². The normalized spacial score (nSPS) is 16.7. The highest BCUT2D eigenvalue weighted by molar-refractivity contribution is 5.28. The van der Waals surface area contributed by atoms with E-state index < -0.39 is 5.82 Å². The van der Waals surface area contributed by atoms with Gasteiger partial charge in [0.1, 0.15) is 11.6 Å². The minimum absolute atomic E-state index is 0.0322. The van der Waals surface area contributed by atoms with Crippen molar-refractivity contribution in [3.05, 3.63) is 29.6 Å². The number of ether oxygens (including phenoxy) is 1. The van der Waals surface area contributed by atoms with Gasteiger partial charge in [-0.15, -0.1) is 0 Å². The van der Waals surface area contributed by atoms with Gasteiger partial charge in [0.25, 0.3) is 0 Å². The van der Waals surface area contributed by atoms with Gasteiger partial charge in [-0.05, 0) is 30.5 Å². The van der Waals surface area contributed by atoms with Crippen molar-refractivity contribution in [3.8, 4) is 5.75 Å². The molecule has 1 aromatic carbocycles. The first kappa shape index (κ1) is 14.3. The van der Waals surface area contributed by atoms with Crippen molar-refractivity contribution in [1.29, 1.82) is 0 Å². The van der Waals surface area contributed by atoms with E-state index in [0.29, 0.717) is 19.3 Å². The van der Waals surface area contributed by atoms with E-state index in [-0.39, 0.29) is 5.75 Å². The van der Waals surface area contributed by atoms with E-state index >= 15 is 0 Å². The third kappa shape index (κ3) is 5.17. The molecule has 19 heavy (non-hydrogen) atoms. The van der Waals surface area contributed by atoms with Crippen molar-refractivity contribution in [3.63, 3.8) is 0 Å². The fourth-order valence-corrected chi connectivity index (χ4v) is 2.50. The zero-order valence-corrected chi connectivity index (χ0v) is 11.2.